The summed E-state index contributed by atoms with van der Waals surface area (Å²) in [5.74, 6) is -0.0618. The monoisotopic (exact) mass is 465 g/mol. The first-order chi connectivity index (χ1) is 13.2. The van der Waals surface area contributed by atoms with E-state index in [-0.39, 0.29) is 23.4 Å². The van der Waals surface area contributed by atoms with Crippen molar-refractivity contribution in [2.45, 2.75) is 24.3 Å². The van der Waals surface area contributed by atoms with E-state index in [0.717, 1.165) is 27.7 Å². The molecule has 1 atom stereocenters. The van der Waals surface area contributed by atoms with Gasteiger partial charge in [-0.25, -0.2) is 12.7 Å². The Bertz CT molecular complexity index is 975. The Morgan fingerprint density at radius 1 is 1.21 bits per heavy atom. The summed E-state index contributed by atoms with van der Waals surface area (Å²) in [5, 5.41) is 3.03. The highest BCUT2D eigenvalue weighted by molar-refractivity contribution is 9.10. The van der Waals surface area contributed by atoms with E-state index in [1.807, 2.05) is 36.1 Å². The van der Waals surface area contributed by atoms with Crippen molar-refractivity contribution in [3.05, 3.63) is 58.1 Å². The van der Waals surface area contributed by atoms with Crippen LogP contribution in [0.5, 0.6) is 0 Å². The quantitative estimate of drug-likeness (QED) is 0.711. The molecule has 0 aromatic heterocycles. The van der Waals surface area contributed by atoms with Gasteiger partial charge in [0, 0.05) is 30.8 Å². The molecule has 28 heavy (non-hydrogen) atoms. The maximum atomic E-state index is 12.5. The van der Waals surface area contributed by atoms with Gasteiger partial charge in [-0.1, -0.05) is 28.1 Å². The lowest BCUT2D eigenvalue weighted by atomic mass is 10.1. The molecule has 1 heterocycles. The molecule has 0 aliphatic carbocycles. The van der Waals surface area contributed by atoms with Crippen LogP contribution in [0, 0.1) is 0 Å². The predicted molar refractivity (Wildman–Crippen MR) is 114 cm³/mol. The van der Waals surface area contributed by atoms with Gasteiger partial charge in [-0.3, -0.25) is 4.79 Å². The Morgan fingerprint density at radius 2 is 1.89 bits per heavy atom. The van der Waals surface area contributed by atoms with Gasteiger partial charge < -0.3 is 10.2 Å². The lowest BCUT2D eigenvalue weighted by Gasteiger charge is -2.21. The van der Waals surface area contributed by atoms with Gasteiger partial charge in [-0.05, 0) is 54.8 Å². The minimum absolute atomic E-state index is 0.0618. The number of benzene rings is 2. The molecule has 0 spiro atoms. The van der Waals surface area contributed by atoms with E-state index in [2.05, 4.69) is 21.2 Å². The number of nitrogens with one attached hydrogen (secondary N) is 1. The molecule has 0 fully saturated rings. The molecule has 2 aromatic rings. The summed E-state index contributed by atoms with van der Waals surface area (Å²) in [6.07, 6.45) is 0.724. The van der Waals surface area contributed by atoms with Crippen molar-refractivity contribution in [1.29, 1.82) is 0 Å². The highest BCUT2D eigenvalue weighted by atomic mass is 79.9. The zero-order valence-electron chi connectivity index (χ0n) is 16.1. The van der Waals surface area contributed by atoms with Gasteiger partial charge in [0.2, 0.25) is 15.9 Å². The summed E-state index contributed by atoms with van der Waals surface area (Å²) < 4.78 is 26.8. The molecule has 0 saturated heterocycles. The molecule has 0 radical (unpaired) electrons. The van der Waals surface area contributed by atoms with Gasteiger partial charge in [-0.2, -0.15) is 0 Å². The zero-order valence-corrected chi connectivity index (χ0v) is 18.5. The molecular weight excluding hydrogens is 442 g/mol. The van der Waals surface area contributed by atoms with Crippen molar-refractivity contribution in [3.8, 4) is 0 Å². The van der Waals surface area contributed by atoms with E-state index >= 15 is 0 Å². The second-order valence-corrected chi connectivity index (χ2v) is 10.2. The number of anilines is 1. The second kappa shape index (κ2) is 8.23. The lowest BCUT2D eigenvalue weighted by Crippen LogP contribution is -2.37. The van der Waals surface area contributed by atoms with Crippen molar-refractivity contribution >= 4 is 37.5 Å². The van der Waals surface area contributed by atoms with Crippen LogP contribution in [0.3, 0.4) is 0 Å². The summed E-state index contributed by atoms with van der Waals surface area (Å²) in [4.78, 5) is 14.8. The van der Waals surface area contributed by atoms with Crippen LogP contribution < -0.4 is 10.2 Å². The third-order valence-electron chi connectivity index (χ3n) is 4.90. The van der Waals surface area contributed by atoms with Crippen LogP contribution in [-0.4, -0.2) is 45.8 Å². The molecule has 2 aromatic carbocycles. The van der Waals surface area contributed by atoms with Crippen molar-refractivity contribution in [2.75, 3.05) is 32.1 Å². The van der Waals surface area contributed by atoms with Gasteiger partial charge >= 0.3 is 0 Å². The molecule has 6 nitrogen and oxygen atoms in total. The number of nitrogens with zero attached hydrogens (tertiary/aromatic N) is 2. The number of rotatable bonds is 6. The van der Waals surface area contributed by atoms with Crippen LogP contribution in [0.2, 0.25) is 0 Å². The minimum atomic E-state index is -3.46. The van der Waals surface area contributed by atoms with Crippen LogP contribution in [0.1, 0.15) is 24.1 Å². The molecule has 150 valence electrons. The lowest BCUT2D eigenvalue weighted by molar-refractivity contribution is -0.120. The average Bonchev–Trinajstić information content (AvgIpc) is 3.04. The molecule has 3 rings (SSSR count). The zero-order chi connectivity index (χ0) is 20.5. The topological polar surface area (TPSA) is 69.7 Å². The molecule has 1 amide bonds. The van der Waals surface area contributed by atoms with E-state index in [4.69, 9.17) is 0 Å². The second-order valence-electron chi connectivity index (χ2n) is 7.09. The Hall–Kier alpha value is -1.90. The predicted octanol–water partition coefficient (Wildman–Crippen LogP) is 2.94. The normalized spacial score (nSPS) is 14.8. The van der Waals surface area contributed by atoms with Crippen molar-refractivity contribution in [1.82, 2.24) is 9.62 Å². The number of hydrogen-bond acceptors (Lipinski definition) is 4. The van der Waals surface area contributed by atoms with Crippen LogP contribution >= 0.6 is 15.9 Å². The third-order valence-corrected chi connectivity index (χ3v) is 7.24. The number of carbonyl (C=O) groups excluding carboxylic acids is 1. The van der Waals surface area contributed by atoms with E-state index < -0.39 is 10.0 Å². The standard InChI is InChI=1S/C20H24BrN3O3S/c1-14(15-4-6-17(21)7-5-15)22-20(25)13-24-11-10-16-12-18(8-9-19(16)24)28(26,27)23(2)3/h4-9,12,14H,10-11,13H2,1-3H3,(H,22,25)/t14-/m1/s1. The number of carbonyl (C=O) groups is 1. The highest BCUT2D eigenvalue weighted by Gasteiger charge is 2.25. The molecule has 0 bridgehead atoms. The number of hydrogen-bond donors (Lipinski definition) is 1. The molecule has 0 unspecified atom stereocenters. The highest BCUT2D eigenvalue weighted by Crippen LogP contribution is 2.30. The first-order valence-corrected chi connectivity index (χ1v) is 11.3. The first-order valence-electron chi connectivity index (χ1n) is 9.03. The fourth-order valence-electron chi connectivity index (χ4n) is 3.28. The van der Waals surface area contributed by atoms with Crippen LogP contribution in [0.25, 0.3) is 0 Å². The number of sulfonamides is 1. The summed E-state index contributed by atoms with van der Waals surface area (Å²) in [6, 6.07) is 12.9. The van der Waals surface area contributed by atoms with Gasteiger partial charge in [0.25, 0.3) is 0 Å². The maximum absolute atomic E-state index is 12.5. The van der Waals surface area contributed by atoms with Crippen molar-refractivity contribution in [2.24, 2.45) is 0 Å². The van der Waals surface area contributed by atoms with Gasteiger partial charge in [0.05, 0.1) is 17.5 Å². The summed E-state index contributed by atoms with van der Waals surface area (Å²) in [7, 11) is -0.417. The Labute approximate surface area is 174 Å². The van der Waals surface area contributed by atoms with Gasteiger partial charge in [0.15, 0.2) is 0 Å². The number of amides is 1. The van der Waals surface area contributed by atoms with E-state index in [9.17, 15) is 13.2 Å². The van der Waals surface area contributed by atoms with Crippen LogP contribution in [0.15, 0.2) is 51.8 Å². The van der Waals surface area contributed by atoms with Crippen molar-refractivity contribution < 1.29 is 13.2 Å². The third kappa shape index (κ3) is 4.39. The largest absolute Gasteiger partial charge is 0.362 e. The Kier molecular flexibility index (Phi) is 6.12. The smallest absolute Gasteiger partial charge is 0.242 e. The fraction of sp³-hybridized carbons (Fsp3) is 0.350. The fourth-order valence-corrected chi connectivity index (χ4v) is 4.49. The van der Waals surface area contributed by atoms with E-state index in [0.29, 0.717) is 6.54 Å². The molecule has 0 saturated carbocycles. The van der Waals surface area contributed by atoms with E-state index in [1.165, 1.54) is 18.4 Å². The summed E-state index contributed by atoms with van der Waals surface area (Å²) in [6.45, 7) is 2.89. The summed E-state index contributed by atoms with van der Waals surface area (Å²) in [5.41, 5.74) is 2.91. The van der Waals surface area contributed by atoms with Crippen LogP contribution in [0.4, 0.5) is 5.69 Å². The molecule has 8 heteroatoms. The first kappa shape index (κ1) is 20.8. The number of halogens is 1. The molecule has 1 N–H and O–H groups in total. The molecule has 1 aliphatic rings. The SMILES string of the molecule is C[C@@H](NC(=O)CN1CCc2cc(S(=O)(=O)N(C)C)ccc21)c1ccc(Br)cc1. The van der Waals surface area contributed by atoms with Crippen LogP contribution in [-0.2, 0) is 21.2 Å². The van der Waals surface area contributed by atoms with E-state index in [1.54, 1.807) is 18.2 Å². The molecule has 1 aliphatic heterocycles. The summed E-state index contributed by atoms with van der Waals surface area (Å²) >= 11 is 3.41. The van der Waals surface area contributed by atoms with Crippen molar-refractivity contribution in [3.63, 3.8) is 0 Å². The Balaban J connectivity index is 1.67. The minimum Gasteiger partial charge on any atom is -0.362 e. The maximum Gasteiger partial charge on any atom is 0.242 e. The van der Waals surface area contributed by atoms with Gasteiger partial charge in [0.1, 0.15) is 0 Å². The molecular formula is C20H24BrN3O3S. The average molecular weight is 466 g/mol. The Morgan fingerprint density at radius 3 is 2.54 bits per heavy atom. The van der Waals surface area contributed by atoms with Gasteiger partial charge in [-0.15, -0.1) is 0 Å². The number of fused-ring (bicyclic) bond motifs is 1.